The van der Waals surface area contributed by atoms with E-state index in [9.17, 15) is 10.1 Å². The Morgan fingerprint density at radius 2 is 2.06 bits per heavy atom. The third kappa shape index (κ3) is 4.20. The van der Waals surface area contributed by atoms with E-state index in [1.54, 1.807) is 35.1 Å². The summed E-state index contributed by atoms with van der Waals surface area (Å²) in [6, 6.07) is 13.6. The van der Waals surface area contributed by atoms with Crippen LogP contribution in [0.4, 0.5) is 5.13 Å². The van der Waals surface area contributed by atoms with Crippen LogP contribution in [0.1, 0.15) is 36.3 Å². The fourth-order valence-corrected chi connectivity index (χ4v) is 6.22. The lowest BCUT2D eigenvalue weighted by atomic mass is 9.76. The molecule has 7 nitrogen and oxygen atoms in total. The molecule has 0 bridgehead atoms. The molecule has 3 heterocycles. The van der Waals surface area contributed by atoms with Gasteiger partial charge in [0.25, 0.3) is 0 Å². The molecule has 5 rings (SSSR count). The number of carbonyl (C=O) groups excluding carboxylic acids is 1. The highest BCUT2D eigenvalue weighted by Gasteiger charge is 2.41. The lowest BCUT2D eigenvalue weighted by Gasteiger charge is -2.37. The first-order chi connectivity index (χ1) is 16.6. The van der Waals surface area contributed by atoms with E-state index in [0.717, 1.165) is 33.3 Å². The van der Waals surface area contributed by atoms with Gasteiger partial charge in [-0.2, -0.15) is 5.26 Å². The summed E-state index contributed by atoms with van der Waals surface area (Å²) in [6.45, 7) is 0. The molecule has 2 aliphatic rings. The molecule has 1 aromatic carbocycles. The van der Waals surface area contributed by atoms with Crippen molar-refractivity contribution in [2.75, 3.05) is 4.90 Å². The maximum atomic E-state index is 13.1. The molecule has 1 aliphatic carbocycles. The van der Waals surface area contributed by atoms with Crippen molar-refractivity contribution in [3.05, 3.63) is 87.6 Å². The van der Waals surface area contributed by atoms with E-state index < -0.39 is 5.92 Å². The highest BCUT2D eigenvalue weighted by atomic mass is 35.5. The molecule has 0 amide bonds. The zero-order chi connectivity index (χ0) is 23.7. The number of Topliss-reactive ketones (excluding diaryl/α,β-unsaturated/α-hetero) is 1. The van der Waals surface area contributed by atoms with Crippen LogP contribution in [0.3, 0.4) is 0 Å². The largest absolute Gasteiger partial charge is 0.384 e. The number of pyridine rings is 1. The number of nitrogens with two attached hydrogens (primary N) is 1. The van der Waals surface area contributed by atoms with Gasteiger partial charge in [0.1, 0.15) is 5.82 Å². The van der Waals surface area contributed by atoms with E-state index in [1.807, 2.05) is 30.3 Å². The highest BCUT2D eigenvalue weighted by molar-refractivity contribution is 8.00. The number of carbonyl (C=O) groups is 1. The molecule has 1 aliphatic heterocycles. The van der Waals surface area contributed by atoms with E-state index in [0.29, 0.717) is 34.1 Å². The SMILES string of the molecule is N#CC1=C(N)N(c2nnc(SCc3ccc(Cl)cc3)s2)C2=C(C(=O)CCC2)C1c1cccnc1. The zero-order valence-electron chi connectivity index (χ0n) is 17.9. The molecule has 34 heavy (non-hydrogen) atoms. The molecule has 0 saturated heterocycles. The van der Waals surface area contributed by atoms with Gasteiger partial charge in [-0.15, -0.1) is 10.2 Å². The third-order valence-corrected chi connectivity index (χ3v) is 8.16. The molecule has 0 radical (unpaired) electrons. The van der Waals surface area contributed by atoms with Crippen LogP contribution >= 0.6 is 34.7 Å². The van der Waals surface area contributed by atoms with Gasteiger partial charge in [-0.05, 0) is 42.2 Å². The fraction of sp³-hybridized carbons (Fsp3) is 0.208. The summed E-state index contributed by atoms with van der Waals surface area (Å²) in [5, 5.41) is 20.0. The standard InChI is InChI=1S/C24H19ClN6OS2/c25-16-8-6-14(7-9-16)13-33-24-30-29-23(34-24)31-18-4-1-5-19(32)21(18)20(17(11-26)22(31)27)15-3-2-10-28-12-15/h2-3,6-10,12,20H,1,4-5,13,27H2. The van der Waals surface area contributed by atoms with Gasteiger partial charge < -0.3 is 5.73 Å². The van der Waals surface area contributed by atoms with Crippen LogP contribution in [-0.4, -0.2) is 21.0 Å². The number of allylic oxidation sites excluding steroid dienone is 3. The van der Waals surface area contributed by atoms with Crippen molar-refractivity contribution in [3.63, 3.8) is 0 Å². The van der Waals surface area contributed by atoms with Crippen LogP contribution in [0.2, 0.25) is 5.02 Å². The lowest BCUT2D eigenvalue weighted by Crippen LogP contribution is -2.38. The predicted molar refractivity (Wildman–Crippen MR) is 133 cm³/mol. The fourth-order valence-electron chi connectivity index (χ4n) is 4.26. The van der Waals surface area contributed by atoms with E-state index in [4.69, 9.17) is 17.3 Å². The summed E-state index contributed by atoms with van der Waals surface area (Å²) >= 11 is 8.92. The number of hydrogen-bond donors (Lipinski definition) is 1. The van der Waals surface area contributed by atoms with Gasteiger partial charge >= 0.3 is 0 Å². The number of ketones is 1. The van der Waals surface area contributed by atoms with E-state index in [-0.39, 0.29) is 11.6 Å². The maximum Gasteiger partial charge on any atom is 0.219 e. The number of benzene rings is 1. The summed E-state index contributed by atoms with van der Waals surface area (Å²) in [6.07, 6.45) is 5.19. The lowest BCUT2D eigenvalue weighted by molar-refractivity contribution is -0.116. The molecule has 2 aromatic heterocycles. The van der Waals surface area contributed by atoms with Gasteiger partial charge in [0.05, 0.1) is 17.6 Å². The van der Waals surface area contributed by atoms with Gasteiger partial charge in [-0.25, -0.2) is 0 Å². The first-order valence-corrected chi connectivity index (χ1v) is 12.8. The summed E-state index contributed by atoms with van der Waals surface area (Å²) in [7, 11) is 0. The van der Waals surface area contributed by atoms with Crippen molar-refractivity contribution in [3.8, 4) is 6.07 Å². The number of nitrogens with zero attached hydrogens (tertiary/aromatic N) is 5. The Bertz CT molecular complexity index is 1340. The summed E-state index contributed by atoms with van der Waals surface area (Å²) in [5.41, 5.74) is 10.2. The molecule has 3 aromatic rings. The highest BCUT2D eigenvalue weighted by Crippen LogP contribution is 2.47. The Labute approximate surface area is 210 Å². The Balaban J connectivity index is 1.51. The molecule has 2 N–H and O–H groups in total. The van der Waals surface area contributed by atoms with Crippen molar-refractivity contribution in [2.45, 2.75) is 35.3 Å². The monoisotopic (exact) mass is 506 g/mol. The quantitative estimate of drug-likeness (QED) is 0.471. The van der Waals surface area contributed by atoms with Crippen molar-refractivity contribution >= 4 is 45.6 Å². The van der Waals surface area contributed by atoms with E-state index in [2.05, 4.69) is 21.3 Å². The Morgan fingerprint density at radius 1 is 1.24 bits per heavy atom. The number of aromatic nitrogens is 3. The molecule has 1 atom stereocenters. The molecular formula is C24H19ClN6OS2. The molecular weight excluding hydrogens is 488 g/mol. The normalized spacial score (nSPS) is 18.2. The molecule has 170 valence electrons. The van der Waals surface area contributed by atoms with Crippen LogP contribution in [0, 0.1) is 11.3 Å². The van der Waals surface area contributed by atoms with Crippen molar-refractivity contribution < 1.29 is 4.79 Å². The average molecular weight is 507 g/mol. The molecule has 10 heteroatoms. The number of nitriles is 1. The molecule has 1 unspecified atom stereocenters. The van der Waals surface area contributed by atoms with Crippen LogP contribution in [0.5, 0.6) is 0 Å². The van der Waals surface area contributed by atoms with Crippen LogP contribution < -0.4 is 10.6 Å². The third-order valence-electron chi connectivity index (χ3n) is 5.79. The van der Waals surface area contributed by atoms with E-state index >= 15 is 0 Å². The van der Waals surface area contributed by atoms with Crippen LogP contribution in [0.25, 0.3) is 0 Å². The second-order valence-electron chi connectivity index (χ2n) is 7.87. The summed E-state index contributed by atoms with van der Waals surface area (Å²) in [5.74, 6) is 0.512. The average Bonchev–Trinajstić information content (AvgIpc) is 3.32. The molecule has 0 spiro atoms. The second kappa shape index (κ2) is 9.58. The number of anilines is 1. The summed E-state index contributed by atoms with van der Waals surface area (Å²) in [4.78, 5) is 19.1. The molecule has 0 fully saturated rings. The Kier molecular flexibility index (Phi) is 6.37. The van der Waals surface area contributed by atoms with Gasteiger partial charge in [0.15, 0.2) is 10.1 Å². The first kappa shape index (κ1) is 22.6. The number of hydrogen-bond acceptors (Lipinski definition) is 9. The minimum Gasteiger partial charge on any atom is -0.384 e. The zero-order valence-corrected chi connectivity index (χ0v) is 20.3. The summed E-state index contributed by atoms with van der Waals surface area (Å²) < 4.78 is 0.773. The van der Waals surface area contributed by atoms with Gasteiger partial charge in [0.2, 0.25) is 5.13 Å². The Morgan fingerprint density at radius 3 is 2.79 bits per heavy atom. The van der Waals surface area contributed by atoms with Crippen molar-refractivity contribution in [1.82, 2.24) is 15.2 Å². The smallest absolute Gasteiger partial charge is 0.219 e. The predicted octanol–water partition coefficient (Wildman–Crippen LogP) is 5.18. The van der Waals surface area contributed by atoms with Gasteiger partial charge in [-0.3, -0.25) is 14.7 Å². The minimum atomic E-state index is -0.524. The van der Waals surface area contributed by atoms with Crippen molar-refractivity contribution in [2.24, 2.45) is 5.73 Å². The van der Waals surface area contributed by atoms with Gasteiger partial charge in [-0.1, -0.05) is 52.9 Å². The number of rotatable bonds is 5. The minimum absolute atomic E-state index is 0.0298. The Hall–Kier alpha value is -3.19. The second-order valence-corrected chi connectivity index (χ2v) is 10.5. The first-order valence-electron chi connectivity index (χ1n) is 10.6. The van der Waals surface area contributed by atoms with Crippen LogP contribution in [0.15, 0.2) is 75.8 Å². The number of thioether (sulfide) groups is 1. The topological polar surface area (TPSA) is 109 Å². The van der Waals surface area contributed by atoms with Crippen LogP contribution in [-0.2, 0) is 10.5 Å². The molecule has 0 saturated carbocycles. The van der Waals surface area contributed by atoms with E-state index in [1.165, 1.54) is 11.3 Å². The number of halogens is 1. The van der Waals surface area contributed by atoms with Gasteiger partial charge in [0, 0.05) is 40.9 Å². The van der Waals surface area contributed by atoms with Crippen molar-refractivity contribution in [1.29, 1.82) is 5.26 Å². The maximum absolute atomic E-state index is 13.1.